The molecule has 6 heteroatoms. The topological polar surface area (TPSA) is 88.1 Å². The van der Waals surface area contributed by atoms with Crippen molar-refractivity contribution in [3.05, 3.63) is 58.6 Å². The van der Waals surface area contributed by atoms with E-state index in [4.69, 9.17) is 0 Å². The van der Waals surface area contributed by atoms with E-state index in [1.807, 2.05) is 18.2 Å². The molecule has 6 nitrogen and oxygen atoms in total. The highest BCUT2D eigenvalue weighted by atomic mass is 16.6. The van der Waals surface area contributed by atoms with Gasteiger partial charge in [-0.3, -0.25) is 10.1 Å². The van der Waals surface area contributed by atoms with Crippen LogP contribution in [0.15, 0.2) is 58.8 Å². The van der Waals surface area contributed by atoms with Gasteiger partial charge in [0.05, 0.1) is 16.3 Å². The standard InChI is InChI=1S/C12H9N3O3/c16-12-7-6-10(8-11(12)15(17)18)14-13-9-4-2-1-3-5-9/h1-8,16H/b14-13+. The minimum Gasteiger partial charge on any atom is -0.502 e. The number of nitrogens with zero attached hydrogens (tertiary/aromatic N) is 3. The molecule has 0 bridgehead atoms. The van der Waals surface area contributed by atoms with Gasteiger partial charge in [-0.2, -0.15) is 10.2 Å². The molecule has 2 aromatic carbocycles. The minimum atomic E-state index is -0.670. The number of phenolic OH excluding ortho intramolecular Hbond substituents is 1. The molecular weight excluding hydrogens is 234 g/mol. The van der Waals surface area contributed by atoms with Crippen molar-refractivity contribution >= 4 is 17.1 Å². The molecule has 0 saturated heterocycles. The summed E-state index contributed by atoms with van der Waals surface area (Å²) in [5.41, 5.74) is 0.566. The molecule has 90 valence electrons. The monoisotopic (exact) mass is 243 g/mol. The van der Waals surface area contributed by atoms with Gasteiger partial charge in [-0.15, -0.1) is 0 Å². The van der Waals surface area contributed by atoms with Crippen LogP contribution in [0.25, 0.3) is 0 Å². The summed E-state index contributed by atoms with van der Waals surface area (Å²) in [7, 11) is 0. The molecule has 2 rings (SSSR count). The molecule has 0 fully saturated rings. The number of hydrogen-bond donors (Lipinski definition) is 1. The van der Waals surface area contributed by atoms with E-state index >= 15 is 0 Å². The second-order valence-corrected chi connectivity index (χ2v) is 3.47. The summed E-state index contributed by atoms with van der Waals surface area (Å²) in [6.07, 6.45) is 0. The van der Waals surface area contributed by atoms with Gasteiger partial charge in [0.15, 0.2) is 5.75 Å². The molecule has 0 saturated carbocycles. The van der Waals surface area contributed by atoms with Gasteiger partial charge in [0.1, 0.15) is 0 Å². The maximum atomic E-state index is 10.6. The molecule has 0 heterocycles. The van der Waals surface area contributed by atoms with Crippen LogP contribution in [0, 0.1) is 10.1 Å². The summed E-state index contributed by atoms with van der Waals surface area (Å²) >= 11 is 0. The van der Waals surface area contributed by atoms with Gasteiger partial charge >= 0.3 is 5.69 Å². The van der Waals surface area contributed by atoms with E-state index < -0.39 is 10.7 Å². The predicted molar refractivity (Wildman–Crippen MR) is 65.4 cm³/mol. The maximum Gasteiger partial charge on any atom is 0.312 e. The Labute approximate surface area is 102 Å². The third-order valence-electron chi connectivity index (χ3n) is 2.19. The van der Waals surface area contributed by atoms with Crippen LogP contribution in [0.2, 0.25) is 0 Å². The van der Waals surface area contributed by atoms with E-state index in [1.165, 1.54) is 18.2 Å². The van der Waals surface area contributed by atoms with Gasteiger partial charge in [0.25, 0.3) is 0 Å². The Kier molecular flexibility index (Phi) is 3.29. The summed E-state index contributed by atoms with van der Waals surface area (Å²) in [6, 6.07) is 12.8. The molecule has 0 aliphatic carbocycles. The Balaban J connectivity index is 2.28. The Morgan fingerprint density at radius 3 is 2.33 bits per heavy atom. The number of azo groups is 1. The lowest BCUT2D eigenvalue weighted by Crippen LogP contribution is -1.87. The van der Waals surface area contributed by atoms with Crippen LogP contribution >= 0.6 is 0 Å². The second-order valence-electron chi connectivity index (χ2n) is 3.47. The smallest absolute Gasteiger partial charge is 0.312 e. The van der Waals surface area contributed by atoms with Crippen LogP contribution in [0.5, 0.6) is 5.75 Å². The first-order valence-electron chi connectivity index (χ1n) is 5.11. The zero-order chi connectivity index (χ0) is 13.0. The van der Waals surface area contributed by atoms with Crippen LogP contribution in [-0.4, -0.2) is 10.0 Å². The Morgan fingerprint density at radius 2 is 1.67 bits per heavy atom. The summed E-state index contributed by atoms with van der Waals surface area (Å²) in [4.78, 5) is 9.95. The SMILES string of the molecule is O=[N+]([O-])c1cc(/N=N/c2ccccc2)ccc1O. The number of rotatable bonds is 3. The van der Waals surface area contributed by atoms with E-state index in [-0.39, 0.29) is 5.69 Å². The Hall–Kier alpha value is -2.76. The fraction of sp³-hybridized carbons (Fsp3) is 0. The van der Waals surface area contributed by atoms with Crippen LogP contribution in [-0.2, 0) is 0 Å². The third kappa shape index (κ3) is 2.67. The second kappa shape index (κ2) is 5.05. The number of benzene rings is 2. The Morgan fingerprint density at radius 1 is 1.00 bits per heavy atom. The highest BCUT2D eigenvalue weighted by Gasteiger charge is 2.13. The lowest BCUT2D eigenvalue weighted by molar-refractivity contribution is -0.385. The highest BCUT2D eigenvalue weighted by molar-refractivity contribution is 5.55. The molecule has 0 unspecified atom stereocenters. The van der Waals surface area contributed by atoms with Gasteiger partial charge in [-0.1, -0.05) is 18.2 Å². The molecule has 0 aromatic heterocycles. The average molecular weight is 243 g/mol. The number of nitro benzene ring substituents is 1. The first-order chi connectivity index (χ1) is 8.66. The van der Waals surface area contributed by atoms with Crippen molar-refractivity contribution in [1.82, 2.24) is 0 Å². The van der Waals surface area contributed by atoms with Crippen molar-refractivity contribution in [1.29, 1.82) is 0 Å². The first-order valence-corrected chi connectivity index (χ1v) is 5.11. The number of hydrogen-bond acceptors (Lipinski definition) is 5. The fourth-order valence-electron chi connectivity index (χ4n) is 1.33. The van der Waals surface area contributed by atoms with Crippen molar-refractivity contribution in [2.45, 2.75) is 0 Å². The van der Waals surface area contributed by atoms with Crippen LogP contribution in [0.1, 0.15) is 0 Å². The van der Waals surface area contributed by atoms with Crippen LogP contribution in [0.4, 0.5) is 17.1 Å². The minimum absolute atomic E-state index is 0.309. The summed E-state index contributed by atoms with van der Waals surface area (Å²) in [5.74, 6) is -0.390. The molecule has 1 N–H and O–H groups in total. The van der Waals surface area contributed by atoms with Crippen LogP contribution in [0.3, 0.4) is 0 Å². The summed E-state index contributed by atoms with van der Waals surface area (Å²) in [5, 5.41) is 27.7. The van der Waals surface area contributed by atoms with Crippen molar-refractivity contribution in [3.63, 3.8) is 0 Å². The lowest BCUT2D eigenvalue weighted by Gasteiger charge is -1.96. The van der Waals surface area contributed by atoms with Gasteiger partial charge in [0.2, 0.25) is 0 Å². The fourth-order valence-corrected chi connectivity index (χ4v) is 1.33. The molecule has 18 heavy (non-hydrogen) atoms. The normalized spacial score (nSPS) is 10.7. The molecule has 0 amide bonds. The molecule has 0 aliphatic rings. The van der Waals surface area contributed by atoms with E-state index in [2.05, 4.69) is 10.2 Å². The Bertz CT molecular complexity index is 597. The van der Waals surface area contributed by atoms with E-state index in [0.29, 0.717) is 11.4 Å². The van der Waals surface area contributed by atoms with Crippen molar-refractivity contribution in [2.24, 2.45) is 10.2 Å². The summed E-state index contributed by atoms with van der Waals surface area (Å²) in [6.45, 7) is 0. The van der Waals surface area contributed by atoms with Crippen molar-refractivity contribution in [2.75, 3.05) is 0 Å². The maximum absolute atomic E-state index is 10.6. The zero-order valence-electron chi connectivity index (χ0n) is 9.22. The molecule has 0 radical (unpaired) electrons. The largest absolute Gasteiger partial charge is 0.502 e. The number of aromatic hydroxyl groups is 1. The highest BCUT2D eigenvalue weighted by Crippen LogP contribution is 2.30. The quantitative estimate of drug-likeness (QED) is 0.506. The number of nitro groups is 1. The van der Waals surface area contributed by atoms with Gasteiger partial charge in [-0.05, 0) is 24.3 Å². The van der Waals surface area contributed by atoms with Crippen molar-refractivity contribution < 1.29 is 10.0 Å². The van der Waals surface area contributed by atoms with Gasteiger partial charge in [-0.25, -0.2) is 0 Å². The lowest BCUT2D eigenvalue weighted by atomic mass is 10.2. The van der Waals surface area contributed by atoms with Gasteiger partial charge < -0.3 is 5.11 Å². The van der Waals surface area contributed by atoms with E-state index in [9.17, 15) is 15.2 Å². The van der Waals surface area contributed by atoms with Crippen LogP contribution < -0.4 is 0 Å². The molecule has 0 spiro atoms. The molecule has 2 aromatic rings. The molecular formula is C12H9N3O3. The predicted octanol–water partition coefficient (Wildman–Crippen LogP) is 3.72. The third-order valence-corrected chi connectivity index (χ3v) is 2.19. The first kappa shape index (κ1) is 11.7. The van der Waals surface area contributed by atoms with Gasteiger partial charge in [0, 0.05) is 6.07 Å². The van der Waals surface area contributed by atoms with Crippen molar-refractivity contribution in [3.8, 4) is 5.75 Å². The van der Waals surface area contributed by atoms with E-state index in [0.717, 1.165) is 0 Å². The van der Waals surface area contributed by atoms with E-state index in [1.54, 1.807) is 12.1 Å². The number of phenols is 1. The summed E-state index contributed by atoms with van der Waals surface area (Å²) < 4.78 is 0. The molecule has 0 aliphatic heterocycles. The average Bonchev–Trinajstić information content (AvgIpc) is 2.38. The molecule has 0 atom stereocenters. The zero-order valence-corrected chi connectivity index (χ0v) is 9.22.